The van der Waals surface area contributed by atoms with E-state index in [1.807, 2.05) is 0 Å². The summed E-state index contributed by atoms with van der Waals surface area (Å²) < 4.78 is 36.2. The minimum atomic E-state index is -4.64. The predicted octanol–water partition coefficient (Wildman–Crippen LogP) is 3.38. The zero-order valence-corrected chi connectivity index (χ0v) is 18.7. The molecule has 2 radical (unpaired) electrons. The molecule has 0 aliphatic rings. The Morgan fingerprint density at radius 3 is 1.73 bits per heavy atom. The standard InChI is InChI=1S/C8H17.C4H9.Bi.H3O4P.HO3S/c1-3-5-7-8-6-4-2;1-4(2)3;;1-5(2,3)4;1-4(2)3/h1,3-8H2,2H3;4H,1H2,2-3H3;;(H3,1,2,3,4);(H,1,2,3)/q;;+1;;-1. The second-order valence-electron chi connectivity index (χ2n) is 5.02. The molecule has 0 bridgehead atoms. The van der Waals surface area contributed by atoms with E-state index in [0.717, 1.165) is 5.92 Å². The first kappa shape index (κ1) is 27.7. The fraction of sp³-hybridized carbons (Fsp3) is 1.00. The Balaban J connectivity index is -0.000000330. The maximum absolute atomic E-state index is 8.88. The van der Waals surface area contributed by atoms with Crippen LogP contribution in [0.15, 0.2) is 0 Å². The van der Waals surface area contributed by atoms with Crippen molar-refractivity contribution >= 4 is 42.0 Å². The summed E-state index contributed by atoms with van der Waals surface area (Å²) in [6.07, 6.45) is 8.87. The van der Waals surface area contributed by atoms with E-state index >= 15 is 0 Å². The number of phosphoric acid groups is 1. The summed E-state index contributed by atoms with van der Waals surface area (Å²) >= 11 is -0.0133. The van der Waals surface area contributed by atoms with Gasteiger partial charge in [-0.2, -0.15) is 0 Å². The fourth-order valence-corrected chi connectivity index (χ4v) is 5.81. The smallest absolute Gasteiger partial charge is 0.439 e. The van der Waals surface area contributed by atoms with E-state index in [2.05, 4.69) is 20.8 Å². The van der Waals surface area contributed by atoms with Gasteiger partial charge >= 0.3 is 105 Å². The van der Waals surface area contributed by atoms with Crippen LogP contribution in [0.1, 0.15) is 59.3 Å². The van der Waals surface area contributed by atoms with Gasteiger partial charge in [0.2, 0.25) is 0 Å². The molecular formula is C12H30BiO7PS. The second-order valence-corrected chi connectivity index (χ2v) is 11.4. The molecule has 4 N–H and O–H groups in total. The van der Waals surface area contributed by atoms with E-state index in [1.54, 1.807) is 14.7 Å². The molecule has 0 saturated heterocycles. The van der Waals surface area contributed by atoms with Crippen LogP contribution in [0.3, 0.4) is 0 Å². The molecule has 22 heavy (non-hydrogen) atoms. The minimum absolute atomic E-state index is 0.0133. The molecule has 0 saturated carbocycles. The summed E-state index contributed by atoms with van der Waals surface area (Å²) in [5.74, 6) is 0.983. The maximum atomic E-state index is 8.88. The van der Waals surface area contributed by atoms with Gasteiger partial charge in [0.05, 0.1) is 0 Å². The van der Waals surface area contributed by atoms with Crippen molar-refractivity contribution in [3.05, 3.63) is 0 Å². The Kier molecular flexibility index (Phi) is 25.2. The van der Waals surface area contributed by atoms with Crippen molar-refractivity contribution in [2.24, 2.45) is 5.92 Å². The van der Waals surface area contributed by atoms with Gasteiger partial charge in [-0.05, 0) is 0 Å². The van der Waals surface area contributed by atoms with Crippen molar-refractivity contribution in [2.45, 2.75) is 67.6 Å². The van der Waals surface area contributed by atoms with Gasteiger partial charge in [-0.3, -0.25) is 0 Å². The van der Waals surface area contributed by atoms with Gasteiger partial charge in [0.1, 0.15) is 0 Å². The van der Waals surface area contributed by atoms with Gasteiger partial charge in [-0.25, -0.2) is 4.57 Å². The number of hydrogen-bond acceptors (Lipinski definition) is 4. The van der Waals surface area contributed by atoms with Crippen LogP contribution in [0, 0.1) is 5.92 Å². The molecule has 0 aromatic rings. The van der Waals surface area contributed by atoms with Crippen LogP contribution in [0.2, 0.25) is 8.26 Å². The van der Waals surface area contributed by atoms with Crippen LogP contribution in [0.5, 0.6) is 0 Å². The van der Waals surface area contributed by atoms with Crippen LogP contribution in [0.4, 0.5) is 0 Å². The number of rotatable bonds is 9. The van der Waals surface area contributed by atoms with Gasteiger partial charge in [-0.15, -0.1) is 0 Å². The number of hydrogen-bond donors (Lipinski definition) is 4. The topological polar surface area (TPSA) is 132 Å². The first-order valence-corrected chi connectivity index (χ1v) is 14.7. The monoisotopic (exact) mass is 558 g/mol. The molecule has 0 aliphatic carbocycles. The van der Waals surface area contributed by atoms with Crippen LogP contribution in [-0.4, -0.2) is 42.5 Å². The summed E-state index contributed by atoms with van der Waals surface area (Å²) in [6.45, 7) is 7.02. The quantitative estimate of drug-likeness (QED) is 0.0852. The van der Waals surface area contributed by atoms with E-state index < -0.39 is 18.8 Å². The summed E-state index contributed by atoms with van der Waals surface area (Å²) in [7, 11) is -7.50. The average Bonchev–Trinajstić information content (AvgIpc) is 2.29. The summed E-state index contributed by atoms with van der Waals surface area (Å²) in [6, 6.07) is 0. The Labute approximate surface area is 147 Å². The molecule has 10 heteroatoms. The first-order valence-electron chi connectivity index (χ1n) is 7.20. The summed E-state index contributed by atoms with van der Waals surface area (Å²) in [5.41, 5.74) is 0. The van der Waals surface area contributed by atoms with E-state index in [9.17, 15) is 0 Å². The number of unbranched alkanes of at least 4 members (excludes halogenated alkanes) is 5. The molecule has 0 aliphatic heterocycles. The Hall–Kier alpha value is 0.903. The minimum Gasteiger partial charge on any atom is -0.439 e. The van der Waals surface area contributed by atoms with Gasteiger partial charge in [-0.1, -0.05) is 0 Å². The third-order valence-corrected chi connectivity index (χ3v) is 8.47. The molecular weight excluding hydrogens is 528 g/mol. The Morgan fingerprint density at radius 2 is 1.36 bits per heavy atom. The molecule has 0 aromatic heterocycles. The van der Waals surface area contributed by atoms with Gasteiger partial charge in [0.25, 0.3) is 0 Å². The molecule has 0 rings (SSSR count). The van der Waals surface area contributed by atoms with Crippen molar-refractivity contribution in [3.63, 3.8) is 0 Å². The fourth-order valence-electron chi connectivity index (χ4n) is 1.35. The second kappa shape index (κ2) is 19.9. The molecule has 0 heterocycles. The van der Waals surface area contributed by atoms with Gasteiger partial charge in [0, 0.05) is 11.0 Å². The molecule has 136 valence electrons. The summed E-state index contributed by atoms with van der Waals surface area (Å²) in [4.78, 5) is 21.6. The predicted molar refractivity (Wildman–Crippen MR) is 89.2 cm³/mol. The molecule has 0 spiro atoms. The zero-order valence-electron chi connectivity index (χ0n) is 13.6. The van der Waals surface area contributed by atoms with Crippen LogP contribution >= 0.6 is 7.82 Å². The van der Waals surface area contributed by atoms with E-state index in [-0.39, 0.29) is 23.2 Å². The zero-order chi connectivity index (χ0) is 18.0. The third kappa shape index (κ3) is 69.7. The van der Waals surface area contributed by atoms with Crippen LogP contribution in [0.25, 0.3) is 0 Å². The third-order valence-electron chi connectivity index (χ3n) is 2.16. The average molecular weight is 558 g/mol. The van der Waals surface area contributed by atoms with E-state index in [1.165, 1.54) is 32.1 Å². The van der Waals surface area contributed by atoms with E-state index in [0.29, 0.717) is 0 Å². The largest absolute Gasteiger partial charge is 0.466 e. The van der Waals surface area contributed by atoms with Crippen molar-refractivity contribution < 1.29 is 32.2 Å². The molecule has 0 aromatic carbocycles. The molecule has 0 amide bonds. The van der Waals surface area contributed by atoms with Gasteiger partial charge < -0.3 is 27.7 Å². The van der Waals surface area contributed by atoms with E-state index in [4.69, 9.17) is 32.2 Å². The first-order chi connectivity index (χ1) is 10.0. The van der Waals surface area contributed by atoms with Crippen molar-refractivity contribution in [1.29, 1.82) is 0 Å². The molecule has 7 nitrogen and oxygen atoms in total. The molecule has 0 unspecified atom stereocenters. The SMILES string of the molecule is CCCCCCC[CH2][Bi+][CH2]C(C)C.O=P(O)(O)O.O=[S-](=O)O. The van der Waals surface area contributed by atoms with Crippen molar-refractivity contribution in [1.82, 2.24) is 0 Å². The molecule has 0 atom stereocenters. The maximum Gasteiger partial charge on any atom is 0.466 e. The van der Waals surface area contributed by atoms with Crippen LogP contribution in [-0.2, 0) is 24.0 Å². The van der Waals surface area contributed by atoms with Gasteiger partial charge in [0.15, 0.2) is 0 Å². The Morgan fingerprint density at radius 1 is 1.00 bits per heavy atom. The van der Waals surface area contributed by atoms with Crippen molar-refractivity contribution in [3.8, 4) is 0 Å². The van der Waals surface area contributed by atoms with Crippen LogP contribution < -0.4 is 0 Å². The molecule has 0 fully saturated rings. The normalized spacial score (nSPS) is 10.8. The van der Waals surface area contributed by atoms with Crippen molar-refractivity contribution in [2.75, 3.05) is 0 Å². The summed E-state index contributed by atoms with van der Waals surface area (Å²) in [5, 5.41) is 0. The Bertz CT molecular complexity index is 315.